The van der Waals surface area contributed by atoms with Gasteiger partial charge in [0.1, 0.15) is 18.9 Å². The van der Waals surface area contributed by atoms with E-state index in [1.807, 2.05) is 0 Å². The van der Waals surface area contributed by atoms with Gasteiger partial charge in [0.2, 0.25) is 0 Å². The Bertz CT molecular complexity index is 376. The zero-order valence-electron chi connectivity index (χ0n) is 13.7. The molecule has 0 aliphatic heterocycles. The molecular formula is C17H30NO+. The minimum Gasteiger partial charge on any atom is -0.487 e. The number of ether oxygens (including phenoxy) is 1. The van der Waals surface area contributed by atoms with Crippen LogP contribution in [0.15, 0.2) is 18.2 Å². The van der Waals surface area contributed by atoms with E-state index in [0.29, 0.717) is 11.8 Å². The van der Waals surface area contributed by atoms with Gasteiger partial charge in [0, 0.05) is 0 Å². The number of nitrogens with zero attached hydrogens (tertiary/aromatic N) is 1. The molecule has 0 saturated carbocycles. The Morgan fingerprint density at radius 1 is 0.947 bits per heavy atom. The molecule has 19 heavy (non-hydrogen) atoms. The Hall–Kier alpha value is -1.02. The molecule has 0 amide bonds. The molecule has 0 saturated heterocycles. The molecule has 0 unspecified atom stereocenters. The lowest BCUT2D eigenvalue weighted by Crippen LogP contribution is -2.38. The summed E-state index contributed by atoms with van der Waals surface area (Å²) in [4.78, 5) is 0. The lowest BCUT2D eigenvalue weighted by Gasteiger charge is -2.25. The van der Waals surface area contributed by atoms with E-state index in [4.69, 9.17) is 4.74 Å². The molecule has 0 spiro atoms. The van der Waals surface area contributed by atoms with Crippen molar-refractivity contribution in [1.82, 2.24) is 0 Å². The molecule has 2 heteroatoms. The Labute approximate surface area is 119 Å². The van der Waals surface area contributed by atoms with Gasteiger partial charge in [-0.3, -0.25) is 0 Å². The van der Waals surface area contributed by atoms with E-state index in [9.17, 15) is 0 Å². The second-order valence-corrected chi connectivity index (χ2v) is 6.94. The molecule has 0 atom stereocenters. The lowest BCUT2D eigenvalue weighted by atomic mass is 9.94. The van der Waals surface area contributed by atoms with Gasteiger partial charge in [-0.2, -0.15) is 0 Å². The summed E-state index contributed by atoms with van der Waals surface area (Å²) in [6, 6.07) is 6.53. The van der Waals surface area contributed by atoms with Gasteiger partial charge >= 0.3 is 0 Å². The van der Waals surface area contributed by atoms with Gasteiger partial charge in [-0.1, -0.05) is 45.9 Å². The van der Waals surface area contributed by atoms with Crippen LogP contribution in [-0.2, 0) is 0 Å². The summed E-state index contributed by atoms with van der Waals surface area (Å²) in [7, 11) is 6.59. The Kier molecular flexibility index (Phi) is 5.42. The van der Waals surface area contributed by atoms with E-state index in [2.05, 4.69) is 67.0 Å². The second-order valence-electron chi connectivity index (χ2n) is 6.94. The molecule has 0 radical (unpaired) electrons. The summed E-state index contributed by atoms with van der Waals surface area (Å²) < 4.78 is 7.08. The number of benzene rings is 1. The van der Waals surface area contributed by atoms with Crippen molar-refractivity contribution < 1.29 is 9.22 Å². The van der Waals surface area contributed by atoms with Gasteiger partial charge in [0.15, 0.2) is 0 Å². The fourth-order valence-electron chi connectivity index (χ4n) is 2.07. The minimum atomic E-state index is 0.498. The van der Waals surface area contributed by atoms with E-state index in [0.717, 1.165) is 23.4 Å². The van der Waals surface area contributed by atoms with E-state index in [-0.39, 0.29) is 0 Å². The number of hydrogen-bond donors (Lipinski definition) is 0. The first kappa shape index (κ1) is 16.0. The van der Waals surface area contributed by atoms with Crippen LogP contribution in [0.25, 0.3) is 0 Å². The molecule has 0 fully saturated rings. The predicted octanol–water partition coefficient (Wildman–Crippen LogP) is 4.02. The molecule has 1 aromatic rings. The van der Waals surface area contributed by atoms with Crippen LogP contribution in [0.1, 0.15) is 50.7 Å². The fourth-order valence-corrected chi connectivity index (χ4v) is 2.07. The topological polar surface area (TPSA) is 9.23 Å². The van der Waals surface area contributed by atoms with Crippen LogP contribution in [0.3, 0.4) is 0 Å². The van der Waals surface area contributed by atoms with Crippen LogP contribution >= 0.6 is 0 Å². The van der Waals surface area contributed by atoms with Crippen molar-refractivity contribution in [2.75, 3.05) is 34.3 Å². The molecule has 0 aliphatic rings. The van der Waals surface area contributed by atoms with E-state index < -0.39 is 0 Å². The number of likely N-dealkylation sites (N-methyl/N-ethyl adjacent to an activating group) is 1. The molecule has 0 bridgehead atoms. The van der Waals surface area contributed by atoms with Crippen LogP contribution < -0.4 is 4.74 Å². The summed E-state index contributed by atoms with van der Waals surface area (Å²) in [6.45, 7) is 10.7. The maximum atomic E-state index is 6.15. The van der Waals surface area contributed by atoms with Gasteiger partial charge in [0.05, 0.1) is 21.1 Å². The third kappa shape index (κ3) is 4.87. The average Bonchev–Trinajstić information content (AvgIpc) is 2.26. The van der Waals surface area contributed by atoms with Crippen molar-refractivity contribution in [3.8, 4) is 5.75 Å². The number of hydrogen-bond acceptors (Lipinski definition) is 1. The van der Waals surface area contributed by atoms with Gasteiger partial charge in [-0.05, 0) is 23.0 Å². The summed E-state index contributed by atoms with van der Waals surface area (Å²) in [5.41, 5.74) is 2.65. The highest BCUT2D eigenvalue weighted by atomic mass is 16.5. The largest absolute Gasteiger partial charge is 0.487 e. The molecule has 0 aromatic heterocycles. The highest BCUT2D eigenvalue weighted by Crippen LogP contribution is 2.34. The second kappa shape index (κ2) is 6.42. The van der Waals surface area contributed by atoms with E-state index in [1.54, 1.807) is 0 Å². The van der Waals surface area contributed by atoms with E-state index in [1.165, 1.54) is 11.1 Å². The zero-order chi connectivity index (χ0) is 14.6. The first-order valence-corrected chi connectivity index (χ1v) is 7.28. The third-order valence-electron chi connectivity index (χ3n) is 3.33. The molecule has 108 valence electrons. The summed E-state index contributed by atoms with van der Waals surface area (Å²) in [6.07, 6.45) is 0. The molecule has 2 nitrogen and oxygen atoms in total. The number of rotatable bonds is 6. The monoisotopic (exact) mass is 264 g/mol. The van der Waals surface area contributed by atoms with Crippen LogP contribution in [0.2, 0.25) is 0 Å². The van der Waals surface area contributed by atoms with Crippen LogP contribution in [0.4, 0.5) is 0 Å². The third-order valence-corrected chi connectivity index (χ3v) is 3.33. The quantitative estimate of drug-likeness (QED) is 0.705. The Morgan fingerprint density at radius 2 is 1.42 bits per heavy atom. The molecule has 1 aromatic carbocycles. The van der Waals surface area contributed by atoms with Gasteiger partial charge in [0.25, 0.3) is 0 Å². The molecular weight excluding hydrogens is 234 g/mol. The van der Waals surface area contributed by atoms with Crippen molar-refractivity contribution in [2.24, 2.45) is 0 Å². The summed E-state index contributed by atoms with van der Waals surface area (Å²) in [5.74, 6) is 2.11. The van der Waals surface area contributed by atoms with Gasteiger partial charge < -0.3 is 9.22 Å². The first-order chi connectivity index (χ1) is 8.72. The van der Waals surface area contributed by atoms with Crippen LogP contribution in [-0.4, -0.2) is 38.8 Å². The van der Waals surface area contributed by atoms with Crippen molar-refractivity contribution in [1.29, 1.82) is 0 Å². The maximum absolute atomic E-state index is 6.15. The average molecular weight is 264 g/mol. The normalized spacial score (nSPS) is 12.3. The maximum Gasteiger partial charge on any atom is 0.137 e. The predicted molar refractivity (Wildman–Crippen MR) is 83.0 cm³/mol. The Morgan fingerprint density at radius 3 is 1.79 bits per heavy atom. The first-order valence-electron chi connectivity index (χ1n) is 7.28. The van der Waals surface area contributed by atoms with Gasteiger partial charge in [-0.25, -0.2) is 0 Å². The number of para-hydroxylation sites is 1. The number of quaternary nitrogens is 1. The van der Waals surface area contributed by atoms with Crippen molar-refractivity contribution >= 4 is 0 Å². The molecule has 0 N–H and O–H groups in total. The fraction of sp³-hybridized carbons (Fsp3) is 0.647. The van der Waals surface area contributed by atoms with Crippen molar-refractivity contribution in [3.63, 3.8) is 0 Å². The van der Waals surface area contributed by atoms with E-state index >= 15 is 0 Å². The minimum absolute atomic E-state index is 0.498. The summed E-state index contributed by atoms with van der Waals surface area (Å²) in [5, 5.41) is 0. The van der Waals surface area contributed by atoms with Crippen molar-refractivity contribution in [2.45, 2.75) is 39.5 Å². The van der Waals surface area contributed by atoms with Crippen molar-refractivity contribution in [3.05, 3.63) is 29.3 Å². The molecule has 0 aliphatic carbocycles. The van der Waals surface area contributed by atoms with Gasteiger partial charge in [-0.15, -0.1) is 0 Å². The SMILES string of the molecule is CC(C)c1cccc(C(C)C)c1OCC[N+](C)(C)C. The Balaban J connectivity index is 2.95. The standard InChI is InChI=1S/C17H30NO/c1-13(2)15-9-8-10-16(14(3)4)17(15)19-12-11-18(5,6)7/h8-10,13-14H,11-12H2,1-7H3/q+1. The highest BCUT2D eigenvalue weighted by Gasteiger charge is 2.16. The molecule has 0 heterocycles. The van der Waals surface area contributed by atoms with Crippen LogP contribution in [0, 0.1) is 0 Å². The van der Waals surface area contributed by atoms with Crippen LogP contribution in [0.5, 0.6) is 5.75 Å². The smallest absolute Gasteiger partial charge is 0.137 e. The molecule has 1 rings (SSSR count). The zero-order valence-corrected chi connectivity index (χ0v) is 13.7. The lowest BCUT2D eigenvalue weighted by molar-refractivity contribution is -0.870. The highest BCUT2D eigenvalue weighted by molar-refractivity contribution is 5.44. The summed E-state index contributed by atoms with van der Waals surface area (Å²) >= 11 is 0.